The second kappa shape index (κ2) is 16.1. The minimum atomic E-state index is -0.257. The highest BCUT2D eigenvalue weighted by atomic mass is 32.1. The summed E-state index contributed by atoms with van der Waals surface area (Å²) >= 11 is 3.07. The Labute approximate surface area is 303 Å². The zero-order chi connectivity index (χ0) is 35.9. The molecule has 12 nitrogen and oxygen atoms in total. The van der Waals surface area contributed by atoms with Crippen LogP contribution in [0.4, 0.5) is 10.3 Å². The number of hydrogen-bond acceptors (Lipinski definition) is 12. The Kier molecular flexibility index (Phi) is 11.2. The number of thiazole rings is 2. The van der Waals surface area contributed by atoms with E-state index in [9.17, 15) is 9.59 Å². The van der Waals surface area contributed by atoms with E-state index in [4.69, 9.17) is 20.2 Å². The van der Waals surface area contributed by atoms with Crippen molar-refractivity contribution in [3.8, 4) is 23.0 Å². The fraction of sp³-hybridized carbons (Fsp3) is 0.297. The number of pyridine rings is 2. The summed E-state index contributed by atoms with van der Waals surface area (Å²) < 4.78 is 13.9. The molecule has 0 bridgehead atoms. The fourth-order valence-corrected chi connectivity index (χ4v) is 7.71. The first-order valence-corrected chi connectivity index (χ1v) is 18.4. The number of carbonyl (C=O) groups excluding carboxylic acids is 2. The van der Waals surface area contributed by atoms with Gasteiger partial charge in [0.15, 0.2) is 10.3 Å². The van der Waals surface area contributed by atoms with Crippen LogP contribution in [-0.4, -0.2) is 52.4 Å². The number of nitrogen functional groups attached to an aromatic ring is 1. The Balaban J connectivity index is 0.000000183. The van der Waals surface area contributed by atoms with E-state index in [2.05, 4.69) is 30.9 Å². The van der Waals surface area contributed by atoms with Gasteiger partial charge in [-0.05, 0) is 68.0 Å². The molecule has 2 amide bonds. The van der Waals surface area contributed by atoms with Crippen LogP contribution in [0.2, 0.25) is 0 Å². The van der Waals surface area contributed by atoms with Crippen molar-refractivity contribution in [1.29, 1.82) is 0 Å². The summed E-state index contributed by atoms with van der Waals surface area (Å²) in [4.78, 5) is 40.5. The number of carbonyl (C=O) groups is 2. The summed E-state index contributed by atoms with van der Waals surface area (Å²) in [6.07, 6.45) is 9.83. The highest BCUT2D eigenvalue weighted by molar-refractivity contribution is 7.22. The molecule has 264 valence electrons. The Bertz CT molecular complexity index is 2180. The van der Waals surface area contributed by atoms with E-state index in [0.29, 0.717) is 33.8 Å². The van der Waals surface area contributed by atoms with Gasteiger partial charge in [-0.1, -0.05) is 41.9 Å². The third kappa shape index (κ3) is 8.88. The van der Waals surface area contributed by atoms with Crippen molar-refractivity contribution >= 4 is 65.2 Å². The zero-order valence-electron chi connectivity index (χ0n) is 28.9. The average molecular weight is 725 g/mol. The molecule has 7 rings (SSSR count). The van der Waals surface area contributed by atoms with Gasteiger partial charge in [0.2, 0.25) is 0 Å². The minimum Gasteiger partial charge on any atom is -0.457 e. The SMILES string of the molecule is CNC(=O)c1cc(Oc2cc(C)c3nc(N)sc3c2)ccn1.CNC(=O)c1cc(Oc2cc(C)c3nc(NCC4CCCCC4)sc3c2)ccn1. The molecule has 0 saturated heterocycles. The summed E-state index contributed by atoms with van der Waals surface area (Å²) in [5, 5.41) is 10.1. The molecule has 1 aliphatic rings. The lowest BCUT2D eigenvalue weighted by Gasteiger charge is -2.21. The lowest BCUT2D eigenvalue weighted by molar-refractivity contribution is 0.0950. The van der Waals surface area contributed by atoms with E-state index in [1.807, 2.05) is 38.1 Å². The number of fused-ring (bicyclic) bond motifs is 2. The molecule has 0 aliphatic heterocycles. The molecule has 0 spiro atoms. The van der Waals surface area contributed by atoms with Gasteiger partial charge >= 0.3 is 0 Å². The van der Waals surface area contributed by atoms with Gasteiger partial charge in [-0.25, -0.2) is 9.97 Å². The number of nitrogens with zero attached hydrogens (tertiary/aromatic N) is 4. The zero-order valence-corrected chi connectivity index (χ0v) is 30.5. The average Bonchev–Trinajstić information content (AvgIpc) is 3.74. The number of nitrogens with two attached hydrogens (primary N) is 1. The molecule has 4 heterocycles. The third-order valence-corrected chi connectivity index (χ3v) is 10.2. The van der Waals surface area contributed by atoms with Crippen LogP contribution in [0, 0.1) is 19.8 Å². The smallest absolute Gasteiger partial charge is 0.269 e. The monoisotopic (exact) mass is 724 g/mol. The number of nitrogens with one attached hydrogen (secondary N) is 3. The van der Waals surface area contributed by atoms with E-state index in [0.717, 1.165) is 54.9 Å². The number of hydrogen-bond donors (Lipinski definition) is 4. The largest absolute Gasteiger partial charge is 0.457 e. The van der Waals surface area contributed by atoms with Crippen LogP contribution in [0.1, 0.15) is 64.2 Å². The normalized spacial score (nSPS) is 12.9. The maximum atomic E-state index is 11.8. The van der Waals surface area contributed by atoms with Crippen molar-refractivity contribution in [1.82, 2.24) is 30.6 Å². The van der Waals surface area contributed by atoms with Crippen LogP contribution in [0.3, 0.4) is 0 Å². The lowest BCUT2D eigenvalue weighted by atomic mass is 9.89. The van der Waals surface area contributed by atoms with Crippen LogP contribution >= 0.6 is 22.7 Å². The van der Waals surface area contributed by atoms with Crippen LogP contribution in [0.5, 0.6) is 23.0 Å². The van der Waals surface area contributed by atoms with Crippen molar-refractivity contribution in [2.75, 3.05) is 31.7 Å². The summed E-state index contributed by atoms with van der Waals surface area (Å²) in [6, 6.07) is 14.4. The number of ether oxygens (including phenoxy) is 2. The Morgan fingerprint density at radius 1 is 0.745 bits per heavy atom. The van der Waals surface area contributed by atoms with Crippen molar-refractivity contribution in [3.05, 3.63) is 83.4 Å². The first-order chi connectivity index (χ1) is 24.7. The van der Waals surface area contributed by atoms with Crippen molar-refractivity contribution in [3.63, 3.8) is 0 Å². The van der Waals surface area contributed by atoms with Crippen LogP contribution < -0.4 is 31.2 Å². The number of benzene rings is 2. The number of aromatic nitrogens is 4. The van der Waals surface area contributed by atoms with E-state index in [1.54, 1.807) is 55.9 Å². The third-order valence-electron chi connectivity index (χ3n) is 8.45. The molecule has 6 aromatic rings. The predicted molar refractivity (Wildman–Crippen MR) is 204 cm³/mol. The highest BCUT2D eigenvalue weighted by Crippen LogP contribution is 2.35. The quantitative estimate of drug-likeness (QED) is 0.115. The topological polar surface area (TPSA) is 166 Å². The second-order valence-electron chi connectivity index (χ2n) is 12.2. The molecule has 14 heteroatoms. The summed E-state index contributed by atoms with van der Waals surface area (Å²) in [5.41, 5.74) is 10.3. The van der Waals surface area contributed by atoms with E-state index in [1.165, 1.54) is 49.6 Å². The second-order valence-corrected chi connectivity index (χ2v) is 14.3. The molecule has 0 unspecified atom stereocenters. The van der Waals surface area contributed by atoms with Gasteiger partial charge in [0.1, 0.15) is 34.4 Å². The van der Waals surface area contributed by atoms with Gasteiger partial charge in [-0.3, -0.25) is 19.6 Å². The first-order valence-electron chi connectivity index (χ1n) is 16.7. The van der Waals surface area contributed by atoms with Crippen molar-refractivity contribution < 1.29 is 19.1 Å². The number of aryl methyl sites for hydroxylation is 2. The van der Waals surface area contributed by atoms with Gasteiger partial charge in [0, 0.05) is 57.3 Å². The number of amides is 2. The van der Waals surface area contributed by atoms with Crippen molar-refractivity contribution in [2.24, 2.45) is 5.92 Å². The Hall–Kier alpha value is -5.34. The maximum absolute atomic E-state index is 11.8. The van der Waals surface area contributed by atoms with Gasteiger partial charge in [-0.15, -0.1) is 0 Å². The minimum absolute atomic E-state index is 0.238. The van der Waals surface area contributed by atoms with Gasteiger partial charge in [0.25, 0.3) is 11.8 Å². The van der Waals surface area contributed by atoms with Crippen LogP contribution in [-0.2, 0) is 0 Å². The standard InChI is InChI=1S/C22H26N4O2S.C15H14N4O2S/c1-14-10-17(28-16-8-9-24-18(11-16)21(27)23-2)12-19-20(14)26-22(29-19)25-13-15-6-4-3-5-7-15;1-8-5-10(7-12-13(8)19-15(16)22-12)21-9-3-4-18-11(6-9)14(20)17-2/h8-12,15H,3-7,13H2,1-2H3,(H,23,27)(H,25,26);3-7H,1-2H3,(H2,16,19)(H,17,20). The van der Waals surface area contributed by atoms with E-state index in [-0.39, 0.29) is 11.8 Å². The molecule has 1 aliphatic carbocycles. The molecule has 0 atom stereocenters. The van der Waals surface area contributed by atoms with E-state index >= 15 is 0 Å². The first kappa shape index (κ1) is 35.5. The van der Waals surface area contributed by atoms with Gasteiger partial charge < -0.3 is 31.2 Å². The van der Waals surface area contributed by atoms with Crippen molar-refractivity contribution in [2.45, 2.75) is 46.0 Å². The summed E-state index contributed by atoms with van der Waals surface area (Å²) in [5.74, 6) is 2.79. The number of rotatable bonds is 9. The molecular formula is C37H40N8O4S2. The summed E-state index contributed by atoms with van der Waals surface area (Å²) in [7, 11) is 3.14. The Morgan fingerprint density at radius 3 is 1.82 bits per heavy atom. The molecule has 5 N–H and O–H groups in total. The van der Waals surface area contributed by atoms with Crippen LogP contribution in [0.15, 0.2) is 60.9 Å². The molecule has 2 aromatic carbocycles. The fourth-order valence-electron chi connectivity index (χ4n) is 5.89. The lowest BCUT2D eigenvalue weighted by Crippen LogP contribution is -2.18. The maximum Gasteiger partial charge on any atom is 0.269 e. The highest BCUT2D eigenvalue weighted by Gasteiger charge is 2.16. The van der Waals surface area contributed by atoms with Crippen LogP contribution in [0.25, 0.3) is 20.4 Å². The molecule has 4 aromatic heterocycles. The predicted octanol–water partition coefficient (Wildman–Crippen LogP) is 7.88. The molecule has 1 saturated carbocycles. The molecule has 1 fully saturated rings. The molecule has 0 radical (unpaired) electrons. The molecular weight excluding hydrogens is 685 g/mol. The Morgan fingerprint density at radius 2 is 1.27 bits per heavy atom. The molecule has 51 heavy (non-hydrogen) atoms. The summed E-state index contributed by atoms with van der Waals surface area (Å²) in [6.45, 7) is 5.00. The number of anilines is 2. The van der Waals surface area contributed by atoms with Gasteiger partial charge in [-0.2, -0.15) is 0 Å². The van der Waals surface area contributed by atoms with Gasteiger partial charge in [0.05, 0.1) is 20.4 Å². The van der Waals surface area contributed by atoms with E-state index < -0.39 is 0 Å².